The number of hydrogen-bond acceptors (Lipinski definition) is 4. The Hall–Kier alpha value is -1.52. The Kier molecular flexibility index (Phi) is 3.94. The molecule has 1 aromatic rings. The number of para-hydroxylation sites is 1. The fourth-order valence-corrected chi connectivity index (χ4v) is 10.1. The number of rotatable bonds is 3. The maximum atomic E-state index is 12.2. The Balaban J connectivity index is 1.39. The van der Waals surface area contributed by atoms with Crippen molar-refractivity contribution in [2.24, 2.45) is 39.9 Å². The van der Waals surface area contributed by atoms with E-state index in [2.05, 4.69) is 19.9 Å². The Morgan fingerprint density at radius 2 is 1.81 bits per heavy atom. The number of phenolic OH excluding ortho intramolecular Hbond substituents is 1. The Bertz CT molecular complexity index is 956. The molecule has 5 aliphatic carbocycles. The first kappa shape index (κ1) is 20.1. The highest BCUT2D eigenvalue weighted by Crippen LogP contribution is 2.86. The summed E-state index contributed by atoms with van der Waals surface area (Å²) in [7, 11) is 1.66. The van der Waals surface area contributed by atoms with Crippen LogP contribution in [0.2, 0.25) is 0 Å². The average molecular weight is 425 g/mol. The van der Waals surface area contributed by atoms with E-state index in [4.69, 9.17) is 4.74 Å². The van der Waals surface area contributed by atoms with Crippen molar-refractivity contribution in [3.8, 4) is 5.75 Å². The van der Waals surface area contributed by atoms with Crippen LogP contribution in [0.25, 0.3) is 0 Å². The number of benzene rings is 1. The van der Waals surface area contributed by atoms with Crippen LogP contribution in [0.3, 0.4) is 0 Å². The Labute approximate surface area is 185 Å². The summed E-state index contributed by atoms with van der Waals surface area (Å²) in [4.78, 5) is 0. The van der Waals surface area contributed by atoms with Gasteiger partial charge in [0.2, 0.25) is 0 Å². The molecule has 4 fully saturated rings. The summed E-state index contributed by atoms with van der Waals surface area (Å²) in [6.45, 7) is 4.76. The summed E-state index contributed by atoms with van der Waals surface area (Å²) in [5.74, 6) is 2.03. The van der Waals surface area contributed by atoms with Gasteiger partial charge in [-0.3, -0.25) is 0 Å². The van der Waals surface area contributed by atoms with Gasteiger partial charge in [-0.1, -0.05) is 32.0 Å². The van der Waals surface area contributed by atoms with Gasteiger partial charge in [0.15, 0.2) is 0 Å². The molecule has 0 radical (unpaired) electrons. The second-order valence-electron chi connectivity index (χ2n) is 11.8. The molecule has 4 heteroatoms. The Morgan fingerprint density at radius 3 is 2.55 bits per heavy atom. The zero-order chi connectivity index (χ0) is 21.8. The summed E-state index contributed by atoms with van der Waals surface area (Å²) in [5.41, 5.74) is -0.0711. The van der Waals surface area contributed by atoms with Crippen LogP contribution in [0.4, 0.5) is 0 Å². The minimum Gasteiger partial charge on any atom is -0.512 e. The number of methoxy groups -OCH3 is 1. The maximum Gasteiger partial charge on any atom is 0.118 e. The molecule has 9 atom stereocenters. The van der Waals surface area contributed by atoms with E-state index in [9.17, 15) is 15.3 Å². The third-order valence-corrected chi connectivity index (χ3v) is 11.3. The number of aliphatic hydroxyl groups is 2. The predicted molar refractivity (Wildman–Crippen MR) is 119 cm³/mol. The zero-order valence-corrected chi connectivity index (χ0v) is 19.0. The van der Waals surface area contributed by atoms with Gasteiger partial charge in [0, 0.05) is 12.5 Å². The molecule has 4 nitrogen and oxygen atoms in total. The van der Waals surface area contributed by atoms with E-state index in [0.717, 1.165) is 24.8 Å². The summed E-state index contributed by atoms with van der Waals surface area (Å²) < 4.78 is 5.76. The second-order valence-corrected chi connectivity index (χ2v) is 11.8. The van der Waals surface area contributed by atoms with E-state index >= 15 is 0 Å². The summed E-state index contributed by atoms with van der Waals surface area (Å²) in [6.07, 6.45) is 9.26. The molecule has 6 rings (SSSR count). The van der Waals surface area contributed by atoms with E-state index in [1.54, 1.807) is 19.3 Å². The van der Waals surface area contributed by atoms with Gasteiger partial charge in [-0.25, -0.2) is 0 Å². The third-order valence-electron chi connectivity index (χ3n) is 11.3. The van der Waals surface area contributed by atoms with Crippen LogP contribution in [0.1, 0.15) is 57.9 Å². The van der Waals surface area contributed by atoms with Gasteiger partial charge < -0.3 is 20.1 Å². The van der Waals surface area contributed by atoms with Gasteiger partial charge >= 0.3 is 0 Å². The predicted octanol–water partition coefficient (Wildman–Crippen LogP) is 5.00. The first-order valence-corrected chi connectivity index (χ1v) is 12.1. The smallest absolute Gasteiger partial charge is 0.118 e. The van der Waals surface area contributed by atoms with Crippen molar-refractivity contribution in [3.05, 3.63) is 41.7 Å². The molecule has 1 aromatic carbocycles. The van der Waals surface area contributed by atoms with E-state index in [1.807, 2.05) is 12.1 Å². The largest absolute Gasteiger partial charge is 0.512 e. The van der Waals surface area contributed by atoms with E-state index in [-0.39, 0.29) is 22.2 Å². The third kappa shape index (κ3) is 2.06. The molecule has 0 aromatic heterocycles. The molecular weight excluding hydrogens is 388 g/mol. The summed E-state index contributed by atoms with van der Waals surface area (Å²) >= 11 is 0. The molecule has 0 heterocycles. The van der Waals surface area contributed by atoms with Crippen LogP contribution in [0.15, 0.2) is 36.1 Å². The summed E-state index contributed by atoms with van der Waals surface area (Å²) in [6, 6.07) is 7.75. The van der Waals surface area contributed by atoms with Crippen LogP contribution in [0.5, 0.6) is 5.75 Å². The van der Waals surface area contributed by atoms with Gasteiger partial charge in [-0.15, -0.1) is 0 Å². The average Bonchev–Trinajstić information content (AvgIpc) is 3.36. The first-order chi connectivity index (χ1) is 14.7. The molecule has 0 aliphatic heterocycles. The maximum absolute atomic E-state index is 12.2. The second kappa shape index (κ2) is 6.08. The fraction of sp³-hybridized carbons (Fsp3) is 0.704. The molecule has 0 amide bonds. The fourth-order valence-electron chi connectivity index (χ4n) is 10.1. The van der Waals surface area contributed by atoms with Crippen LogP contribution in [0, 0.1) is 39.9 Å². The molecular formula is C27H36O4. The molecule has 4 bridgehead atoms. The van der Waals surface area contributed by atoms with Crippen LogP contribution in [-0.4, -0.2) is 34.1 Å². The van der Waals surface area contributed by atoms with Gasteiger partial charge in [0.05, 0.1) is 11.7 Å². The lowest BCUT2D eigenvalue weighted by Crippen LogP contribution is -2.59. The highest BCUT2D eigenvalue weighted by molar-refractivity contribution is 5.41. The van der Waals surface area contributed by atoms with E-state index in [0.29, 0.717) is 29.3 Å². The lowest BCUT2D eigenvalue weighted by atomic mass is 9.48. The lowest BCUT2D eigenvalue weighted by molar-refractivity contribution is -0.181. The highest BCUT2D eigenvalue weighted by Gasteiger charge is 2.86. The molecule has 0 unspecified atom stereocenters. The number of hydrogen-bond donors (Lipinski definition) is 3. The van der Waals surface area contributed by atoms with Crippen LogP contribution >= 0.6 is 0 Å². The standard InChI is InChI=1S/C27H36O4/c1-24-15-18-9-11-26(10-8-16(14-26)12-17-6-4-5-7-19(17)28)25(24,2)22(18)23-20(29)13-21(31-3)27(23,24)30/h4-7,13,16,18,21-23,28-30H,8-12,14-15H2,1-3H3/t16-,18+,21-,22+,23+,24+,25+,26-,27-/m1/s1. The molecule has 3 N–H and O–H groups in total. The van der Waals surface area contributed by atoms with Crippen LogP contribution < -0.4 is 0 Å². The van der Waals surface area contributed by atoms with Crippen molar-refractivity contribution in [1.82, 2.24) is 0 Å². The van der Waals surface area contributed by atoms with Crippen molar-refractivity contribution in [2.75, 3.05) is 7.11 Å². The molecule has 4 saturated carbocycles. The van der Waals surface area contributed by atoms with Crippen molar-refractivity contribution in [3.63, 3.8) is 0 Å². The number of fused-ring (bicyclic) bond motifs is 2. The Morgan fingerprint density at radius 1 is 1.06 bits per heavy atom. The van der Waals surface area contributed by atoms with Crippen LogP contribution in [-0.2, 0) is 11.2 Å². The molecule has 1 spiro atoms. The topological polar surface area (TPSA) is 69.9 Å². The van der Waals surface area contributed by atoms with Crippen molar-refractivity contribution >= 4 is 0 Å². The van der Waals surface area contributed by atoms with Crippen molar-refractivity contribution in [1.29, 1.82) is 0 Å². The SMILES string of the molecule is CO[C@@H]1C=C(O)[C@H]2[C@@H]3[C@H]4CC[C@@]5(CC[C@H](Cc6ccccc6O)C5)[C@]3(C)[C@](C)(C4)[C@@]12O. The summed E-state index contributed by atoms with van der Waals surface area (Å²) in [5, 5.41) is 33.5. The number of aromatic hydroxyl groups is 1. The molecule has 31 heavy (non-hydrogen) atoms. The molecule has 168 valence electrons. The van der Waals surface area contributed by atoms with Gasteiger partial charge in [0.25, 0.3) is 0 Å². The highest BCUT2D eigenvalue weighted by atomic mass is 16.5. The number of ether oxygens (including phenoxy) is 1. The molecule has 0 saturated heterocycles. The van der Waals surface area contributed by atoms with E-state index < -0.39 is 11.7 Å². The molecule has 5 aliphatic rings. The minimum atomic E-state index is -1.02. The van der Waals surface area contributed by atoms with Gasteiger partial charge in [0.1, 0.15) is 17.5 Å². The van der Waals surface area contributed by atoms with Crippen molar-refractivity contribution < 1.29 is 20.1 Å². The number of phenols is 1. The van der Waals surface area contributed by atoms with Gasteiger partial charge in [-0.2, -0.15) is 0 Å². The van der Waals surface area contributed by atoms with Crippen molar-refractivity contribution in [2.45, 2.75) is 70.5 Å². The lowest BCUT2D eigenvalue weighted by Gasteiger charge is -2.56. The monoisotopic (exact) mass is 424 g/mol. The minimum absolute atomic E-state index is 0.0190. The van der Waals surface area contributed by atoms with E-state index in [1.165, 1.54) is 25.7 Å². The van der Waals surface area contributed by atoms with Gasteiger partial charge in [-0.05, 0) is 91.2 Å². The normalized spacial score (nSPS) is 52.0. The quantitative estimate of drug-likeness (QED) is 0.639. The first-order valence-electron chi connectivity index (χ1n) is 12.1. The number of aliphatic hydroxyl groups excluding tert-OH is 1. The zero-order valence-electron chi connectivity index (χ0n) is 19.0.